The fourth-order valence-electron chi connectivity index (χ4n) is 3.69. The number of nitrogens with zero attached hydrogens (tertiary/aromatic N) is 1. The highest BCUT2D eigenvalue weighted by Gasteiger charge is 2.50. The van der Waals surface area contributed by atoms with Crippen LogP contribution in [0.3, 0.4) is 0 Å². The third-order valence-electron chi connectivity index (χ3n) is 5.24. The van der Waals surface area contributed by atoms with E-state index in [1.54, 1.807) is 12.5 Å². The number of thiazole rings is 1. The Hall–Kier alpha value is -1.20. The van der Waals surface area contributed by atoms with Gasteiger partial charge >= 0.3 is 5.97 Å². The summed E-state index contributed by atoms with van der Waals surface area (Å²) in [6, 6.07) is 0. The molecule has 3 aliphatic rings. The first-order chi connectivity index (χ1) is 10.5. The molecule has 1 saturated carbocycles. The average Bonchev–Trinajstić information content (AvgIpc) is 2.96. The van der Waals surface area contributed by atoms with Gasteiger partial charge in [-0.1, -0.05) is 25.5 Å². The monoisotopic (exact) mass is 321 g/mol. The molecule has 2 bridgehead atoms. The molecule has 0 aromatic carbocycles. The summed E-state index contributed by atoms with van der Waals surface area (Å²) in [6.45, 7) is 5.59. The fraction of sp³-hybridized carbons (Fsp3) is 0.647. The van der Waals surface area contributed by atoms with Crippen LogP contribution < -0.4 is 0 Å². The summed E-state index contributed by atoms with van der Waals surface area (Å²) >= 11 is 1.42. The number of hydrogen-bond donors (Lipinski definition) is 0. The number of carbonyl (C=O) groups excluding carboxylic acids is 1. The zero-order valence-electron chi connectivity index (χ0n) is 13.4. The van der Waals surface area contributed by atoms with E-state index in [1.165, 1.54) is 29.8 Å². The number of aromatic nitrogens is 1. The van der Waals surface area contributed by atoms with Gasteiger partial charge in [0, 0.05) is 18.9 Å². The van der Waals surface area contributed by atoms with Crippen molar-refractivity contribution in [1.29, 1.82) is 0 Å². The van der Waals surface area contributed by atoms with E-state index in [1.807, 2.05) is 0 Å². The van der Waals surface area contributed by atoms with Crippen molar-refractivity contribution in [2.75, 3.05) is 13.7 Å². The minimum atomic E-state index is -0.333. The summed E-state index contributed by atoms with van der Waals surface area (Å²) in [5, 5.41) is 2.53. The zero-order chi connectivity index (χ0) is 15.7. The third kappa shape index (κ3) is 2.84. The molecular formula is C17H23NO3S. The van der Waals surface area contributed by atoms with Gasteiger partial charge in [0.25, 0.3) is 0 Å². The zero-order valence-corrected chi connectivity index (χ0v) is 14.2. The van der Waals surface area contributed by atoms with Crippen molar-refractivity contribution in [3.8, 4) is 0 Å². The lowest BCUT2D eigenvalue weighted by molar-refractivity contribution is -0.0103. The molecule has 0 aliphatic heterocycles. The Labute approximate surface area is 135 Å². The van der Waals surface area contributed by atoms with Crippen LogP contribution in [0.25, 0.3) is 0 Å². The molecule has 1 fully saturated rings. The van der Waals surface area contributed by atoms with Crippen molar-refractivity contribution >= 4 is 17.3 Å². The number of allylic oxidation sites excluding steroid dienone is 1. The lowest BCUT2D eigenvalue weighted by Gasteiger charge is -2.56. The van der Waals surface area contributed by atoms with Crippen LogP contribution in [-0.4, -0.2) is 24.7 Å². The van der Waals surface area contributed by atoms with E-state index < -0.39 is 0 Å². The molecule has 0 amide bonds. The molecule has 0 unspecified atom stereocenters. The summed E-state index contributed by atoms with van der Waals surface area (Å²) in [5.41, 5.74) is 2.29. The topological polar surface area (TPSA) is 48.4 Å². The Morgan fingerprint density at radius 1 is 1.50 bits per heavy atom. The maximum absolute atomic E-state index is 12.0. The maximum atomic E-state index is 12.0. The van der Waals surface area contributed by atoms with E-state index in [0.29, 0.717) is 30.2 Å². The first-order valence-corrected chi connectivity index (χ1v) is 8.69. The van der Waals surface area contributed by atoms with E-state index in [0.717, 1.165) is 17.3 Å². The Bertz CT molecular complexity index is 590. The molecule has 0 radical (unpaired) electrons. The lowest BCUT2D eigenvalue weighted by atomic mass is 9.48. The number of rotatable bonds is 6. The number of hydrogen-bond acceptors (Lipinski definition) is 5. The van der Waals surface area contributed by atoms with Crippen LogP contribution in [0.4, 0.5) is 0 Å². The Morgan fingerprint density at radius 3 is 3.00 bits per heavy atom. The predicted molar refractivity (Wildman–Crippen MR) is 85.8 cm³/mol. The van der Waals surface area contributed by atoms with E-state index in [2.05, 4.69) is 24.9 Å². The molecule has 3 aliphatic carbocycles. The second-order valence-electron chi connectivity index (χ2n) is 6.77. The molecular weight excluding hydrogens is 298 g/mol. The lowest BCUT2D eigenvalue weighted by Crippen LogP contribution is -2.48. The van der Waals surface area contributed by atoms with Crippen molar-refractivity contribution in [3.05, 3.63) is 27.7 Å². The largest absolute Gasteiger partial charge is 0.461 e. The van der Waals surface area contributed by atoms with Gasteiger partial charge in [0.2, 0.25) is 0 Å². The number of fused-ring (bicyclic) bond motifs is 1. The molecule has 22 heavy (non-hydrogen) atoms. The molecule has 4 nitrogen and oxygen atoms in total. The van der Waals surface area contributed by atoms with Gasteiger partial charge in [0.05, 0.1) is 13.2 Å². The quantitative estimate of drug-likeness (QED) is 0.590. The fourth-order valence-corrected chi connectivity index (χ4v) is 4.42. The smallest absolute Gasteiger partial charge is 0.357 e. The summed E-state index contributed by atoms with van der Waals surface area (Å²) < 4.78 is 10.4. The van der Waals surface area contributed by atoms with Crippen LogP contribution in [0.1, 0.15) is 48.6 Å². The molecule has 2 atom stereocenters. The molecule has 120 valence electrons. The summed E-state index contributed by atoms with van der Waals surface area (Å²) in [6.07, 6.45) is 5.69. The molecule has 0 N–H and O–H groups in total. The van der Waals surface area contributed by atoms with Crippen LogP contribution in [0, 0.1) is 17.3 Å². The normalized spacial score (nSPS) is 25.3. The van der Waals surface area contributed by atoms with E-state index in [-0.39, 0.29) is 5.97 Å². The summed E-state index contributed by atoms with van der Waals surface area (Å²) in [7, 11) is 1.61. The van der Waals surface area contributed by atoms with Gasteiger partial charge in [-0.3, -0.25) is 0 Å². The molecule has 1 aromatic rings. The Morgan fingerprint density at radius 2 is 2.32 bits per heavy atom. The van der Waals surface area contributed by atoms with Crippen LogP contribution in [0.2, 0.25) is 0 Å². The van der Waals surface area contributed by atoms with Crippen molar-refractivity contribution in [2.24, 2.45) is 17.3 Å². The number of esters is 1. The van der Waals surface area contributed by atoms with Crippen LogP contribution >= 0.6 is 11.3 Å². The van der Waals surface area contributed by atoms with Crippen molar-refractivity contribution in [1.82, 2.24) is 4.98 Å². The van der Waals surface area contributed by atoms with Gasteiger partial charge in [0.1, 0.15) is 5.01 Å². The van der Waals surface area contributed by atoms with Crippen molar-refractivity contribution in [2.45, 2.75) is 39.7 Å². The Kier molecular flexibility index (Phi) is 4.37. The van der Waals surface area contributed by atoms with E-state index >= 15 is 0 Å². The van der Waals surface area contributed by atoms with Gasteiger partial charge < -0.3 is 9.47 Å². The average molecular weight is 321 g/mol. The maximum Gasteiger partial charge on any atom is 0.357 e. The number of carbonyl (C=O) groups is 1. The highest BCUT2D eigenvalue weighted by Crippen LogP contribution is 2.59. The number of ether oxygens (including phenoxy) is 2. The van der Waals surface area contributed by atoms with E-state index in [9.17, 15) is 4.79 Å². The highest BCUT2D eigenvalue weighted by atomic mass is 32.1. The first kappa shape index (κ1) is 15.7. The van der Waals surface area contributed by atoms with Crippen LogP contribution in [0.5, 0.6) is 0 Å². The SMILES string of the molecule is COCc1nc(C(=O)OCCC2=CC[C@H]3C[C@@H]2C3(C)C)cs1. The summed E-state index contributed by atoms with van der Waals surface area (Å²) in [5.74, 6) is 1.19. The van der Waals surface area contributed by atoms with Gasteiger partial charge in [-0.15, -0.1) is 11.3 Å². The van der Waals surface area contributed by atoms with Gasteiger partial charge in [-0.05, 0) is 30.1 Å². The molecule has 0 spiro atoms. The van der Waals surface area contributed by atoms with Gasteiger partial charge in [0.15, 0.2) is 5.69 Å². The Balaban J connectivity index is 1.49. The molecule has 0 saturated heterocycles. The van der Waals surface area contributed by atoms with E-state index in [4.69, 9.17) is 9.47 Å². The second-order valence-corrected chi connectivity index (χ2v) is 7.71. The first-order valence-electron chi connectivity index (χ1n) is 7.81. The third-order valence-corrected chi connectivity index (χ3v) is 6.06. The van der Waals surface area contributed by atoms with Crippen LogP contribution in [-0.2, 0) is 16.1 Å². The number of methoxy groups -OCH3 is 1. The van der Waals surface area contributed by atoms with Gasteiger partial charge in [-0.25, -0.2) is 9.78 Å². The standard InChI is InChI=1S/C17H23NO3S/c1-17(2)12-5-4-11(13(17)8-12)6-7-21-16(19)14-10-22-15(18-14)9-20-3/h4,10,12-13H,5-9H2,1-3H3/t12-,13-/m0/s1. The molecule has 1 heterocycles. The van der Waals surface area contributed by atoms with Crippen molar-refractivity contribution < 1.29 is 14.3 Å². The predicted octanol–water partition coefficient (Wildman–Crippen LogP) is 3.83. The molecule has 5 heteroatoms. The molecule has 4 rings (SSSR count). The van der Waals surface area contributed by atoms with Crippen molar-refractivity contribution in [3.63, 3.8) is 0 Å². The minimum absolute atomic E-state index is 0.333. The molecule has 1 aromatic heterocycles. The second kappa shape index (κ2) is 6.13. The summed E-state index contributed by atoms with van der Waals surface area (Å²) in [4.78, 5) is 16.2. The van der Waals surface area contributed by atoms with Crippen LogP contribution in [0.15, 0.2) is 17.0 Å². The van der Waals surface area contributed by atoms with Gasteiger partial charge in [-0.2, -0.15) is 0 Å². The minimum Gasteiger partial charge on any atom is -0.461 e. The highest BCUT2D eigenvalue weighted by molar-refractivity contribution is 7.09.